The van der Waals surface area contributed by atoms with Gasteiger partial charge in [0.2, 0.25) is 5.91 Å². The number of carbonyl (C=O) groups is 2. The Morgan fingerprint density at radius 3 is 2.14 bits per heavy atom. The fraction of sp³-hybridized carbons (Fsp3) is 0.333. The van der Waals surface area contributed by atoms with E-state index >= 15 is 0 Å². The molecule has 146 valence electrons. The number of anilines is 1. The molecule has 0 saturated carbocycles. The van der Waals surface area contributed by atoms with Crippen molar-refractivity contribution in [2.75, 3.05) is 44.2 Å². The van der Waals surface area contributed by atoms with Crippen LogP contribution in [0.2, 0.25) is 0 Å². The highest BCUT2D eigenvalue weighted by Gasteiger charge is 2.39. The van der Waals surface area contributed by atoms with E-state index in [0.717, 1.165) is 30.9 Å². The predicted octanol–water partition coefficient (Wildman–Crippen LogP) is 2.39. The first-order valence-corrected chi connectivity index (χ1v) is 9.36. The molecule has 0 spiro atoms. The summed E-state index contributed by atoms with van der Waals surface area (Å²) in [6.45, 7) is 3.49. The summed E-state index contributed by atoms with van der Waals surface area (Å²) in [5.41, 5.74) is 1.25. The SMILES string of the molecule is O=C(c1ccc(F)c(F)c1)N1CC(C(=O)N2CCN(c3ccccc3)CC2)C1. The number of rotatable bonds is 3. The van der Waals surface area contributed by atoms with Crippen molar-refractivity contribution in [3.8, 4) is 0 Å². The van der Waals surface area contributed by atoms with Crippen LogP contribution in [-0.2, 0) is 4.79 Å². The lowest BCUT2D eigenvalue weighted by atomic mass is 9.96. The molecule has 0 unspecified atom stereocenters. The minimum atomic E-state index is -1.05. The van der Waals surface area contributed by atoms with E-state index in [1.54, 1.807) is 0 Å². The number of hydrogen-bond donors (Lipinski definition) is 0. The van der Waals surface area contributed by atoms with Crippen LogP contribution in [0.4, 0.5) is 14.5 Å². The molecule has 0 aromatic heterocycles. The van der Waals surface area contributed by atoms with E-state index in [-0.39, 0.29) is 23.3 Å². The molecular weight excluding hydrogens is 364 g/mol. The fourth-order valence-electron chi connectivity index (χ4n) is 3.69. The first kappa shape index (κ1) is 18.4. The van der Waals surface area contributed by atoms with Gasteiger partial charge in [-0.15, -0.1) is 0 Å². The molecule has 0 atom stereocenters. The van der Waals surface area contributed by atoms with Crippen LogP contribution in [0.15, 0.2) is 48.5 Å². The van der Waals surface area contributed by atoms with Crippen LogP contribution >= 0.6 is 0 Å². The summed E-state index contributed by atoms with van der Waals surface area (Å²) < 4.78 is 26.3. The van der Waals surface area contributed by atoms with Gasteiger partial charge in [-0.1, -0.05) is 18.2 Å². The zero-order valence-electron chi connectivity index (χ0n) is 15.4. The Kier molecular flexibility index (Phi) is 4.98. The molecule has 4 rings (SSSR count). The number of para-hydroxylation sites is 1. The van der Waals surface area contributed by atoms with Crippen molar-refractivity contribution in [1.29, 1.82) is 0 Å². The van der Waals surface area contributed by atoms with E-state index < -0.39 is 11.6 Å². The third-order valence-corrected chi connectivity index (χ3v) is 5.40. The average Bonchev–Trinajstić information content (AvgIpc) is 2.69. The quantitative estimate of drug-likeness (QED) is 0.815. The van der Waals surface area contributed by atoms with Crippen LogP contribution in [0.25, 0.3) is 0 Å². The third-order valence-electron chi connectivity index (χ3n) is 5.40. The van der Waals surface area contributed by atoms with Crippen molar-refractivity contribution in [3.63, 3.8) is 0 Å². The van der Waals surface area contributed by atoms with Crippen molar-refractivity contribution in [2.45, 2.75) is 0 Å². The molecule has 2 amide bonds. The number of hydrogen-bond acceptors (Lipinski definition) is 3. The molecule has 2 aromatic carbocycles. The van der Waals surface area contributed by atoms with E-state index in [1.165, 1.54) is 11.0 Å². The molecule has 0 radical (unpaired) electrons. The second-order valence-electron chi connectivity index (χ2n) is 7.18. The molecule has 7 heteroatoms. The lowest BCUT2D eigenvalue weighted by molar-refractivity contribution is -0.140. The van der Waals surface area contributed by atoms with Crippen LogP contribution in [0.5, 0.6) is 0 Å². The number of nitrogens with zero attached hydrogens (tertiary/aromatic N) is 3. The summed E-state index contributed by atoms with van der Waals surface area (Å²) in [5.74, 6) is -2.57. The first-order valence-electron chi connectivity index (χ1n) is 9.36. The number of benzene rings is 2. The molecule has 5 nitrogen and oxygen atoms in total. The number of carbonyl (C=O) groups excluding carboxylic acids is 2. The smallest absolute Gasteiger partial charge is 0.254 e. The fourth-order valence-corrected chi connectivity index (χ4v) is 3.69. The zero-order valence-corrected chi connectivity index (χ0v) is 15.4. The molecule has 28 heavy (non-hydrogen) atoms. The summed E-state index contributed by atoms with van der Waals surface area (Å²) in [6.07, 6.45) is 0. The van der Waals surface area contributed by atoms with E-state index in [1.807, 2.05) is 23.1 Å². The minimum absolute atomic E-state index is 0.0575. The van der Waals surface area contributed by atoms with Gasteiger partial charge in [0.15, 0.2) is 11.6 Å². The van der Waals surface area contributed by atoms with Crippen molar-refractivity contribution in [1.82, 2.24) is 9.80 Å². The maximum absolute atomic E-state index is 13.3. The van der Waals surface area contributed by atoms with Gasteiger partial charge in [-0.25, -0.2) is 8.78 Å². The highest BCUT2D eigenvalue weighted by molar-refractivity contribution is 5.96. The Balaban J connectivity index is 1.28. The Bertz CT molecular complexity index is 876. The molecule has 2 saturated heterocycles. The van der Waals surface area contributed by atoms with Gasteiger partial charge in [-0.3, -0.25) is 9.59 Å². The van der Waals surface area contributed by atoms with Crippen molar-refractivity contribution in [2.24, 2.45) is 5.92 Å². The Hall–Kier alpha value is -2.96. The predicted molar refractivity (Wildman–Crippen MR) is 101 cm³/mol. The van der Waals surface area contributed by atoms with E-state index in [0.29, 0.717) is 26.2 Å². The molecule has 2 fully saturated rings. The van der Waals surface area contributed by atoms with Crippen LogP contribution in [0.3, 0.4) is 0 Å². The molecule has 2 aliphatic heterocycles. The number of piperazine rings is 1. The van der Waals surface area contributed by atoms with Crippen molar-refractivity contribution >= 4 is 17.5 Å². The monoisotopic (exact) mass is 385 g/mol. The van der Waals surface area contributed by atoms with Crippen LogP contribution in [0, 0.1) is 17.6 Å². The normalized spacial score (nSPS) is 17.4. The van der Waals surface area contributed by atoms with Crippen LogP contribution in [-0.4, -0.2) is 60.9 Å². The Morgan fingerprint density at radius 2 is 1.50 bits per heavy atom. The van der Waals surface area contributed by atoms with Gasteiger partial charge in [0.1, 0.15) is 0 Å². The highest BCUT2D eigenvalue weighted by atomic mass is 19.2. The van der Waals surface area contributed by atoms with Crippen molar-refractivity contribution < 1.29 is 18.4 Å². The summed E-state index contributed by atoms with van der Waals surface area (Å²) in [6, 6.07) is 13.2. The number of likely N-dealkylation sites (tertiary alicyclic amines) is 1. The second kappa shape index (κ2) is 7.58. The second-order valence-corrected chi connectivity index (χ2v) is 7.18. The highest BCUT2D eigenvalue weighted by Crippen LogP contribution is 2.23. The molecule has 0 aliphatic carbocycles. The molecule has 2 heterocycles. The first-order chi connectivity index (χ1) is 13.5. The maximum atomic E-state index is 13.3. The maximum Gasteiger partial charge on any atom is 0.254 e. The van der Waals surface area contributed by atoms with E-state index in [4.69, 9.17) is 0 Å². The number of halogens is 2. The Morgan fingerprint density at radius 1 is 0.821 bits per heavy atom. The standard InChI is InChI=1S/C21H21F2N3O2/c22-18-7-6-15(12-19(18)23)20(27)26-13-16(14-26)21(28)25-10-8-24(9-11-25)17-4-2-1-3-5-17/h1-7,12,16H,8-11,13-14H2. The lowest BCUT2D eigenvalue weighted by Crippen LogP contribution is -2.59. The van der Waals surface area contributed by atoms with Gasteiger partial charge in [0.25, 0.3) is 5.91 Å². The van der Waals surface area contributed by atoms with Gasteiger partial charge >= 0.3 is 0 Å². The molecule has 2 aliphatic rings. The van der Waals surface area contributed by atoms with E-state index in [2.05, 4.69) is 17.0 Å². The van der Waals surface area contributed by atoms with Crippen LogP contribution in [0.1, 0.15) is 10.4 Å². The summed E-state index contributed by atoms with van der Waals surface area (Å²) in [4.78, 5) is 30.6. The van der Waals surface area contributed by atoms with Crippen LogP contribution < -0.4 is 4.90 Å². The van der Waals surface area contributed by atoms with Gasteiger partial charge in [0, 0.05) is 50.5 Å². The van der Waals surface area contributed by atoms with Crippen molar-refractivity contribution in [3.05, 3.63) is 65.7 Å². The molecular formula is C21H21F2N3O2. The van der Waals surface area contributed by atoms with Gasteiger partial charge in [-0.2, -0.15) is 0 Å². The van der Waals surface area contributed by atoms with Gasteiger partial charge < -0.3 is 14.7 Å². The molecule has 2 aromatic rings. The van der Waals surface area contributed by atoms with Gasteiger partial charge in [0.05, 0.1) is 5.92 Å². The lowest BCUT2D eigenvalue weighted by Gasteiger charge is -2.43. The largest absolute Gasteiger partial charge is 0.368 e. The zero-order chi connectivity index (χ0) is 19.7. The average molecular weight is 385 g/mol. The third kappa shape index (κ3) is 3.56. The topological polar surface area (TPSA) is 43.9 Å². The summed E-state index contributed by atoms with van der Waals surface area (Å²) in [5, 5.41) is 0. The summed E-state index contributed by atoms with van der Waals surface area (Å²) >= 11 is 0. The summed E-state index contributed by atoms with van der Waals surface area (Å²) in [7, 11) is 0. The molecule has 0 N–H and O–H groups in total. The minimum Gasteiger partial charge on any atom is -0.368 e. The molecule has 0 bridgehead atoms. The van der Waals surface area contributed by atoms with E-state index in [9.17, 15) is 18.4 Å². The Labute approximate surface area is 162 Å². The van der Waals surface area contributed by atoms with Gasteiger partial charge in [-0.05, 0) is 30.3 Å². The number of amides is 2.